The van der Waals surface area contributed by atoms with Crippen LogP contribution in [0.2, 0.25) is 0 Å². The van der Waals surface area contributed by atoms with Crippen molar-refractivity contribution in [2.75, 3.05) is 39.3 Å². The van der Waals surface area contributed by atoms with E-state index < -0.39 is 0 Å². The Morgan fingerprint density at radius 3 is 2.64 bits per heavy atom. The highest BCUT2D eigenvalue weighted by atomic mass is 16.5. The summed E-state index contributed by atoms with van der Waals surface area (Å²) in [6.45, 7) is 7.37. The minimum Gasteiger partial charge on any atom is -0.370 e. The molecular formula is C19H27N5O. The van der Waals surface area contributed by atoms with Gasteiger partial charge in [0.15, 0.2) is 0 Å². The third-order valence-corrected chi connectivity index (χ3v) is 5.40. The average molecular weight is 341 g/mol. The van der Waals surface area contributed by atoms with Crippen LogP contribution in [0.3, 0.4) is 0 Å². The highest BCUT2D eigenvalue weighted by Gasteiger charge is 2.34. The molecule has 0 bridgehead atoms. The lowest BCUT2D eigenvalue weighted by Gasteiger charge is -2.36. The zero-order chi connectivity index (χ0) is 17.1. The van der Waals surface area contributed by atoms with Gasteiger partial charge in [-0.1, -0.05) is 6.07 Å². The molecule has 2 aromatic rings. The number of aryl methyl sites for hydroxylation is 1. The maximum atomic E-state index is 6.00. The molecule has 2 fully saturated rings. The number of hydrogen-bond acceptors (Lipinski definition) is 5. The van der Waals surface area contributed by atoms with Crippen molar-refractivity contribution in [3.8, 4) is 0 Å². The maximum Gasteiger partial charge on any atom is 0.137 e. The number of piperazine rings is 1. The lowest BCUT2D eigenvalue weighted by Crippen LogP contribution is -2.47. The lowest BCUT2D eigenvalue weighted by molar-refractivity contribution is 0.0567. The van der Waals surface area contributed by atoms with E-state index in [4.69, 9.17) is 4.74 Å². The molecule has 134 valence electrons. The molecule has 0 spiro atoms. The highest BCUT2D eigenvalue weighted by Crippen LogP contribution is 2.34. The van der Waals surface area contributed by atoms with Gasteiger partial charge in [0.05, 0.1) is 5.69 Å². The molecule has 0 saturated carbocycles. The molecule has 0 unspecified atom stereocenters. The number of rotatable bonds is 5. The zero-order valence-electron chi connectivity index (χ0n) is 14.9. The van der Waals surface area contributed by atoms with E-state index in [1.807, 2.05) is 24.7 Å². The largest absolute Gasteiger partial charge is 0.370 e. The molecule has 4 heterocycles. The number of aromatic nitrogens is 3. The number of ether oxygens (including phenoxy) is 1. The third-order valence-electron chi connectivity index (χ3n) is 5.40. The first kappa shape index (κ1) is 16.7. The molecule has 0 radical (unpaired) electrons. The summed E-state index contributed by atoms with van der Waals surface area (Å²) in [5, 5.41) is 0. The molecule has 2 atom stereocenters. The average Bonchev–Trinajstić information content (AvgIpc) is 3.26. The van der Waals surface area contributed by atoms with E-state index >= 15 is 0 Å². The van der Waals surface area contributed by atoms with Gasteiger partial charge in [-0.25, -0.2) is 4.98 Å². The van der Waals surface area contributed by atoms with Crippen LogP contribution < -0.4 is 0 Å². The van der Waals surface area contributed by atoms with Crippen LogP contribution in [0.4, 0.5) is 0 Å². The van der Waals surface area contributed by atoms with Gasteiger partial charge in [-0.15, -0.1) is 0 Å². The van der Waals surface area contributed by atoms with E-state index in [1.54, 1.807) is 0 Å². The fourth-order valence-corrected chi connectivity index (χ4v) is 3.94. The molecule has 6 heteroatoms. The van der Waals surface area contributed by atoms with Gasteiger partial charge in [0.1, 0.15) is 11.9 Å². The molecular weight excluding hydrogens is 314 g/mol. The predicted molar refractivity (Wildman–Crippen MR) is 96.0 cm³/mol. The summed E-state index contributed by atoms with van der Waals surface area (Å²) in [5.41, 5.74) is 1.16. The zero-order valence-corrected chi connectivity index (χ0v) is 14.9. The SMILES string of the molecule is Cn1ccnc1[C@@H]1OCC[C@H]1CN1CCN(Cc2ccccn2)CC1. The molecule has 2 saturated heterocycles. The first-order valence-electron chi connectivity index (χ1n) is 9.23. The van der Waals surface area contributed by atoms with E-state index in [-0.39, 0.29) is 6.10 Å². The number of pyridine rings is 1. The fraction of sp³-hybridized carbons (Fsp3) is 0.579. The predicted octanol–water partition coefficient (Wildman–Crippen LogP) is 1.71. The maximum absolute atomic E-state index is 6.00. The highest BCUT2D eigenvalue weighted by molar-refractivity contribution is 5.04. The van der Waals surface area contributed by atoms with Gasteiger partial charge in [-0.3, -0.25) is 9.88 Å². The van der Waals surface area contributed by atoms with Crippen molar-refractivity contribution in [2.24, 2.45) is 13.0 Å². The minimum absolute atomic E-state index is 0.145. The van der Waals surface area contributed by atoms with Crippen molar-refractivity contribution in [2.45, 2.75) is 19.1 Å². The fourth-order valence-electron chi connectivity index (χ4n) is 3.94. The molecule has 0 amide bonds. The van der Waals surface area contributed by atoms with Gasteiger partial charge in [0.2, 0.25) is 0 Å². The molecule has 4 rings (SSSR count). The smallest absolute Gasteiger partial charge is 0.137 e. The van der Waals surface area contributed by atoms with E-state index in [9.17, 15) is 0 Å². The second-order valence-corrected chi connectivity index (χ2v) is 7.13. The van der Waals surface area contributed by atoms with Gasteiger partial charge < -0.3 is 14.2 Å². The monoisotopic (exact) mass is 341 g/mol. The summed E-state index contributed by atoms with van der Waals surface area (Å²) in [7, 11) is 2.05. The Kier molecular flexibility index (Phi) is 5.10. The Bertz CT molecular complexity index is 665. The molecule has 2 aliphatic rings. The molecule has 2 aliphatic heterocycles. The van der Waals surface area contributed by atoms with Crippen LogP contribution in [0.5, 0.6) is 0 Å². The molecule has 0 aromatic carbocycles. The molecule has 25 heavy (non-hydrogen) atoms. The van der Waals surface area contributed by atoms with Crippen molar-refractivity contribution in [3.63, 3.8) is 0 Å². The first-order chi connectivity index (χ1) is 12.3. The standard InChI is InChI=1S/C19H27N5O/c1-22-8-7-21-19(22)18-16(5-13-25-18)14-23-9-11-24(12-10-23)15-17-4-2-3-6-20-17/h2-4,6-8,16,18H,5,9-15H2,1H3/t16-,18+/m0/s1. The molecule has 2 aromatic heterocycles. The lowest BCUT2D eigenvalue weighted by atomic mass is 9.99. The van der Waals surface area contributed by atoms with E-state index in [2.05, 4.69) is 43.5 Å². The topological polar surface area (TPSA) is 46.4 Å². The van der Waals surface area contributed by atoms with Crippen molar-refractivity contribution in [1.29, 1.82) is 0 Å². The van der Waals surface area contributed by atoms with Crippen molar-refractivity contribution >= 4 is 0 Å². The number of hydrogen-bond donors (Lipinski definition) is 0. The van der Waals surface area contributed by atoms with Crippen LogP contribution in [0.15, 0.2) is 36.8 Å². The van der Waals surface area contributed by atoms with Crippen molar-refractivity contribution in [1.82, 2.24) is 24.3 Å². The normalized spacial score (nSPS) is 25.5. The van der Waals surface area contributed by atoms with Crippen molar-refractivity contribution < 1.29 is 4.74 Å². The van der Waals surface area contributed by atoms with E-state index in [0.29, 0.717) is 5.92 Å². The summed E-state index contributed by atoms with van der Waals surface area (Å²) >= 11 is 0. The Labute approximate surface area is 149 Å². The minimum atomic E-state index is 0.145. The molecule has 6 nitrogen and oxygen atoms in total. The second-order valence-electron chi connectivity index (χ2n) is 7.13. The Morgan fingerprint density at radius 1 is 1.08 bits per heavy atom. The van der Waals surface area contributed by atoms with Crippen LogP contribution in [0.25, 0.3) is 0 Å². The van der Waals surface area contributed by atoms with Crippen LogP contribution >= 0.6 is 0 Å². The van der Waals surface area contributed by atoms with E-state index in [0.717, 1.165) is 63.8 Å². The number of imidazole rings is 1. The Morgan fingerprint density at radius 2 is 1.92 bits per heavy atom. The summed E-state index contributed by atoms with van der Waals surface area (Å²) in [6.07, 6.45) is 7.02. The van der Waals surface area contributed by atoms with Gasteiger partial charge >= 0.3 is 0 Å². The first-order valence-corrected chi connectivity index (χ1v) is 9.23. The summed E-state index contributed by atoms with van der Waals surface area (Å²) < 4.78 is 8.09. The Balaban J connectivity index is 1.29. The van der Waals surface area contributed by atoms with Gasteiger partial charge in [-0.05, 0) is 18.6 Å². The van der Waals surface area contributed by atoms with E-state index in [1.165, 1.54) is 0 Å². The molecule has 0 aliphatic carbocycles. The van der Waals surface area contributed by atoms with Gasteiger partial charge in [-0.2, -0.15) is 0 Å². The van der Waals surface area contributed by atoms with Crippen molar-refractivity contribution in [3.05, 3.63) is 48.3 Å². The second kappa shape index (κ2) is 7.64. The van der Waals surface area contributed by atoms with Crippen LogP contribution in [0, 0.1) is 5.92 Å². The quantitative estimate of drug-likeness (QED) is 0.829. The van der Waals surface area contributed by atoms with Crippen LogP contribution in [0.1, 0.15) is 24.0 Å². The van der Waals surface area contributed by atoms with Crippen LogP contribution in [-0.2, 0) is 18.3 Å². The third kappa shape index (κ3) is 3.92. The number of nitrogens with zero attached hydrogens (tertiary/aromatic N) is 5. The molecule has 0 N–H and O–H groups in total. The summed E-state index contributed by atoms with van der Waals surface area (Å²) in [5.74, 6) is 1.61. The summed E-state index contributed by atoms with van der Waals surface area (Å²) in [4.78, 5) is 14.0. The summed E-state index contributed by atoms with van der Waals surface area (Å²) in [6, 6.07) is 6.15. The van der Waals surface area contributed by atoms with Gasteiger partial charge in [0, 0.05) is 77.4 Å². The van der Waals surface area contributed by atoms with Crippen LogP contribution in [-0.4, -0.2) is 63.7 Å². The van der Waals surface area contributed by atoms with Gasteiger partial charge in [0.25, 0.3) is 0 Å². The Hall–Kier alpha value is -1.76.